The van der Waals surface area contributed by atoms with E-state index in [1.54, 1.807) is 0 Å². The summed E-state index contributed by atoms with van der Waals surface area (Å²) in [7, 11) is 0. The van der Waals surface area contributed by atoms with Gasteiger partial charge in [0.1, 0.15) is 5.82 Å². The first kappa shape index (κ1) is 16.3. The first-order valence-corrected chi connectivity index (χ1v) is 8.72. The van der Waals surface area contributed by atoms with Crippen LogP contribution < -0.4 is 10.2 Å². The van der Waals surface area contributed by atoms with Gasteiger partial charge in [-0.1, -0.05) is 20.3 Å². The predicted octanol–water partition coefficient (Wildman–Crippen LogP) is 3.77. The minimum Gasteiger partial charge on any atom is -0.357 e. The number of pyridine rings is 1. The van der Waals surface area contributed by atoms with Crippen LogP contribution in [-0.2, 0) is 13.0 Å². The summed E-state index contributed by atoms with van der Waals surface area (Å²) in [6.07, 6.45) is 6.40. The zero-order valence-electron chi connectivity index (χ0n) is 14.0. The van der Waals surface area contributed by atoms with Gasteiger partial charge in [-0.05, 0) is 62.8 Å². The highest BCUT2D eigenvalue weighted by atomic mass is 15.2. The minimum absolute atomic E-state index is 0.888. The number of hydrogen-bond donors (Lipinski definition) is 1. The Hall–Kier alpha value is -1.09. The molecule has 1 aromatic rings. The van der Waals surface area contributed by atoms with E-state index in [1.165, 1.54) is 49.3 Å². The van der Waals surface area contributed by atoms with E-state index >= 15 is 0 Å². The van der Waals surface area contributed by atoms with E-state index in [-0.39, 0.29) is 0 Å². The molecule has 1 fully saturated rings. The van der Waals surface area contributed by atoms with Gasteiger partial charge in [0.15, 0.2) is 0 Å². The standard InChI is InChI=1S/C18H31N3/c1-4-10-19-13-16-11-17(5-2)20-18(12-16)21(6-3)14-15-8-7-9-15/h11-12,15,19H,4-10,13-14H2,1-3H3. The molecule has 0 radical (unpaired) electrons. The zero-order chi connectivity index (χ0) is 15.1. The van der Waals surface area contributed by atoms with E-state index in [9.17, 15) is 0 Å². The molecule has 0 unspecified atom stereocenters. The van der Waals surface area contributed by atoms with Crippen LogP contribution in [0.3, 0.4) is 0 Å². The fourth-order valence-corrected chi connectivity index (χ4v) is 2.86. The second kappa shape index (κ2) is 8.38. The average molecular weight is 289 g/mol. The molecule has 1 aliphatic rings. The Labute approximate surface area is 130 Å². The molecule has 1 N–H and O–H groups in total. The van der Waals surface area contributed by atoms with Crippen LogP contribution in [-0.4, -0.2) is 24.6 Å². The molecule has 0 aliphatic heterocycles. The van der Waals surface area contributed by atoms with Crippen molar-refractivity contribution in [1.29, 1.82) is 0 Å². The molecular formula is C18H31N3. The molecule has 1 aliphatic carbocycles. The van der Waals surface area contributed by atoms with Gasteiger partial charge in [0.25, 0.3) is 0 Å². The summed E-state index contributed by atoms with van der Waals surface area (Å²) in [6.45, 7) is 10.9. The minimum atomic E-state index is 0.888. The molecule has 0 aromatic carbocycles. The highest BCUT2D eigenvalue weighted by Crippen LogP contribution is 2.28. The maximum absolute atomic E-state index is 4.86. The zero-order valence-corrected chi connectivity index (χ0v) is 14.0. The molecule has 0 saturated heterocycles. The van der Waals surface area contributed by atoms with Gasteiger partial charge in [-0.2, -0.15) is 0 Å². The molecule has 3 nitrogen and oxygen atoms in total. The fourth-order valence-electron chi connectivity index (χ4n) is 2.86. The lowest BCUT2D eigenvalue weighted by molar-refractivity contribution is 0.318. The number of hydrogen-bond acceptors (Lipinski definition) is 3. The summed E-state index contributed by atoms with van der Waals surface area (Å²) < 4.78 is 0. The Morgan fingerprint density at radius 3 is 2.62 bits per heavy atom. The highest BCUT2D eigenvalue weighted by Gasteiger charge is 2.21. The van der Waals surface area contributed by atoms with E-state index < -0.39 is 0 Å². The predicted molar refractivity (Wildman–Crippen MR) is 90.8 cm³/mol. The van der Waals surface area contributed by atoms with Crippen LogP contribution in [0.15, 0.2) is 12.1 Å². The van der Waals surface area contributed by atoms with Gasteiger partial charge in [0, 0.05) is 25.3 Å². The maximum Gasteiger partial charge on any atom is 0.129 e. The number of anilines is 1. The van der Waals surface area contributed by atoms with Gasteiger partial charge in [-0.3, -0.25) is 0 Å². The Kier molecular flexibility index (Phi) is 6.50. The van der Waals surface area contributed by atoms with Crippen molar-refractivity contribution in [2.75, 3.05) is 24.5 Å². The van der Waals surface area contributed by atoms with Crippen molar-refractivity contribution in [2.45, 2.75) is 59.4 Å². The second-order valence-electron chi connectivity index (χ2n) is 6.19. The monoisotopic (exact) mass is 289 g/mol. The van der Waals surface area contributed by atoms with Gasteiger partial charge in [0.2, 0.25) is 0 Å². The maximum atomic E-state index is 4.86. The summed E-state index contributed by atoms with van der Waals surface area (Å²) in [4.78, 5) is 7.33. The van der Waals surface area contributed by atoms with E-state index in [1.807, 2.05) is 0 Å². The van der Waals surface area contributed by atoms with E-state index in [2.05, 4.69) is 43.1 Å². The molecule has 0 spiro atoms. The van der Waals surface area contributed by atoms with E-state index in [0.29, 0.717) is 0 Å². The summed E-state index contributed by atoms with van der Waals surface area (Å²) in [5.41, 5.74) is 2.59. The smallest absolute Gasteiger partial charge is 0.129 e. The number of rotatable bonds is 9. The third-order valence-electron chi connectivity index (χ3n) is 4.45. The second-order valence-corrected chi connectivity index (χ2v) is 6.19. The quantitative estimate of drug-likeness (QED) is 0.701. The van der Waals surface area contributed by atoms with Crippen LogP contribution in [0.2, 0.25) is 0 Å². The van der Waals surface area contributed by atoms with Gasteiger partial charge in [-0.25, -0.2) is 4.98 Å². The first-order chi connectivity index (χ1) is 10.3. The normalized spacial score (nSPS) is 15.0. The summed E-state index contributed by atoms with van der Waals surface area (Å²) in [6, 6.07) is 4.54. The Bertz CT molecular complexity index is 426. The first-order valence-electron chi connectivity index (χ1n) is 8.72. The summed E-state index contributed by atoms with van der Waals surface area (Å²) in [5, 5.41) is 3.50. The van der Waals surface area contributed by atoms with E-state index in [0.717, 1.165) is 32.0 Å². The molecule has 1 heterocycles. The van der Waals surface area contributed by atoms with Crippen molar-refractivity contribution < 1.29 is 0 Å². The Balaban J connectivity index is 2.09. The summed E-state index contributed by atoms with van der Waals surface area (Å²) in [5.74, 6) is 2.07. The van der Waals surface area contributed by atoms with Crippen molar-refractivity contribution in [3.63, 3.8) is 0 Å². The Morgan fingerprint density at radius 2 is 2.05 bits per heavy atom. The topological polar surface area (TPSA) is 28.2 Å². The number of aromatic nitrogens is 1. The lowest BCUT2D eigenvalue weighted by Gasteiger charge is -2.32. The van der Waals surface area contributed by atoms with Gasteiger partial charge in [0.05, 0.1) is 0 Å². The number of nitrogens with one attached hydrogen (secondary N) is 1. The Morgan fingerprint density at radius 1 is 1.24 bits per heavy atom. The molecule has 1 aromatic heterocycles. The van der Waals surface area contributed by atoms with Crippen molar-refractivity contribution in [3.8, 4) is 0 Å². The molecule has 0 bridgehead atoms. The van der Waals surface area contributed by atoms with E-state index in [4.69, 9.17) is 4.98 Å². The van der Waals surface area contributed by atoms with Crippen molar-refractivity contribution in [3.05, 3.63) is 23.4 Å². The molecule has 0 atom stereocenters. The van der Waals surface area contributed by atoms with Crippen LogP contribution in [0.5, 0.6) is 0 Å². The van der Waals surface area contributed by atoms with Crippen LogP contribution in [0, 0.1) is 5.92 Å². The van der Waals surface area contributed by atoms with Crippen LogP contribution in [0.1, 0.15) is 57.7 Å². The fraction of sp³-hybridized carbons (Fsp3) is 0.722. The molecule has 1 saturated carbocycles. The average Bonchev–Trinajstić information content (AvgIpc) is 2.46. The highest BCUT2D eigenvalue weighted by molar-refractivity contribution is 5.43. The largest absolute Gasteiger partial charge is 0.357 e. The number of aryl methyl sites for hydroxylation is 1. The SMILES string of the molecule is CCCNCc1cc(CC)nc(N(CC)CC2CCC2)c1. The lowest BCUT2D eigenvalue weighted by Crippen LogP contribution is -2.33. The third-order valence-corrected chi connectivity index (χ3v) is 4.45. The van der Waals surface area contributed by atoms with Crippen molar-refractivity contribution >= 4 is 5.82 Å². The third kappa shape index (κ3) is 4.70. The molecule has 118 valence electrons. The van der Waals surface area contributed by atoms with Crippen LogP contribution >= 0.6 is 0 Å². The lowest BCUT2D eigenvalue weighted by atomic mass is 9.85. The molecular weight excluding hydrogens is 258 g/mol. The molecule has 21 heavy (non-hydrogen) atoms. The van der Waals surface area contributed by atoms with Gasteiger partial charge in [-0.15, -0.1) is 0 Å². The van der Waals surface area contributed by atoms with Gasteiger partial charge < -0.3 is 10.2 Å². The molecule has 3 heteroatoms. The van der Waals surface area contributed by atoms with Gasteiger partial charge >= 0.3 is 0 Å². The van der Waals surface area contributed by atoms with Crippen LogP contribution in [0.4, 0.5) is 5.82 Å². The van der Waals surface area contributed by atoms with Crippen molar-refractivity contribution in [2.24, 2.45) is 5.92 Å². The molecule has 2 rings (SSSR count). The van der Waals surface area contributed by atoms with Crippen LogP contribution in [0.25, 0.3) is 0 Å². The molecule has 0 amide bonds. The summed E-state index contributed by atoms with van der Waals surface area (Å²) >= 11 is 0. The van der Waals surface area contributed by atoms with Crippen molar-refractivity contribution in [1.82, 2.24) is 10.3 Å². The number of nitrogens with zero attached hydrogens (tertiary/aromatic N) is 2.